The van der Waals surface area contributed by atoms with Crippen LogP contribution in [0.4, 0.5) is 0 Å². The Morgan fingerprint density at radius 3 is 2.26 bits per heavy atom. The molecule has 1 N–H and O–H groups in total. The minimum atomic E-state index is -1.06. The molecular formula is C30H43NO4. The molecule has 35 heavy (non-hydrogen) atoms. The fraction of sp³-hybridized carbons (Fsp3) is 0.833. The van der Waals surface area contributed by atoms with E-state index in [4.69, 9.17) is 4.74 Å². The number of fused-ring (bicyclic) bond motifs is 4. The van der Waals surface area contributed by atoms with E-state index in [9.17, 15) is 14.4 Å². The van der Waals surface area contributed by atoms with Crippen molar-refractivity contribution in [2.75, 3.05) is 0 Å². The summed E-state index contributed by atoms with van der Waals surface area (Å²) in [7, 11) is 0. The molecule has 2 bridgehead atoms. The first-order valence-corrected chi connectivity index (χ1v) is 13.9. The van der Waals surface area contributed by atoms with Crippen molar-refractivity contribution >= 4 is 17.7 Å². The summed E-state index contributed by atoms with van der Waals surface area (Å²) in [6, 6.07) is 0. The van der Waals surface area contributed by atoms with Gasteiger partial charge in [-0.2, -0.15) is 0 Å². The minimum Gasteiger partial charge on any atom is -0.449 e. The minimum absolute atomic E-state index is 0.0216. The van der Waals surface area contributed by atoms with E-state index in [2.05, 4.69) is 53.8 Å². The van der Waals surface area contributed by atoms with Gasteiger partial charge in [0, 0.05) is 23.3 Å². The van der Waals surface area contributed by atoms with Gasteiger partial charge in [-0.1, -0.05) is 40.2 Å². The Morgan fingerprint density at radius 1 is 0.857 bits per heavy atom. The molecule has 2 aliphatic heterocycles. The smallest absolute Gasteiger partial charge is 0.313 e. The Hall–Kier alpha value is -1.65. The highest BCUT2D eigenvalue weighted by Gasteiger charge is 2.82. The van der Waals surface area contributed by atoms with E-state index in [1.807, 2.05) is 6.08 Å². The molecular weight excluding hydrogens is 438 g/mol. The molecule has 0 radical (unpaired) electrons. The quantitative estimate of drug-likeness (QED) is 0.463. The third-order valence-electron chi connectivity index (χ3n) is 12.7. The van der Waals surface area contributed by atoms with Gasteiger partial charge in [0.1, 0.15) is 0 Å². The van der Waals surface area contributed by atoms with E-state index in [0.29, 0.717) is 6.42 Å². The van der Waals surface area contributed by atoms with Gasteiger partial charge >= 0.3 is 5.97 Å². The van der Waals surface area contributed by atoms with Gasteiger partial charge < -0.3 is 10.1 Å². The van der Waals surface area contributed by atoms with Crippen LogP contribution >= 0.6 is 0 Å². The van der Waals surface area contributed by atoms with Crippen LogP contribution in [-0.2, 0) is 19.1 Å². The van der Waals surface area contributed by atoms with E-state index in [1.54, 1.807) is 0 Å². The standard InChI is InChI=1S/C30H43NO4/c1-24(2)12-14-29-15-13-28(7)27(6)11-8-18-25(3,4)31-22(33)9-10-26(18,5)19(27)16-21(32)30(28,20(29)17-24)35-23(29)34/h16,18,20H,8-15,17H2,1-7H3,(H,31,33)/t18-,20+,26-,27+,28-,29?,30?/m0/s1. The predicted molar refractivity (Wildman–Crippen MR) is 133 cm³/mol. The van der Waals surface area contributed by atoms with E-state index in [0.717, 1.165) is 51.4 Å². The average Bonchev–Trinajstić information content (AvgIpc) is 2.87. The van der Waals surface area contributed by atoms with Crippen LogP contribution in [0.5, 0.6) is 0 Å². The monoisotopic (exact) mass is 481 g/mol. The predicted octanol–water partition coefficient (Wildman–Crippen LogP) is 5.52. The van der Waals surface area contributed by atoms with Crippen LogP contribution in [0.1, 0.15) is 106 Å². The topological polar surface area (TPSA) is 72.5 Å². The lowest BCUT2D eigenvalue weighted by atomic mass is 9.34. The van der Waals surface area contributed by atoms with Crippen LogP contribution in [0, 0.1) is 38.9 Å². The number of carbonyl (C=O) groups is 3. The zero-order valence-electron chi connectivity index (χ0n) is 22.7. The summed E-state index contributed by atoms with van der Waals surface area (Å²) < 4.78 is 6.49. The van der Waals surface area contributed by atoms with Gasteiger partial charge in [-0.05, 0) is 93.5 Å². The fourth-order valence-electron chi connectivity index (χ4n) is 10.6. The fourth-order valence-corrected chi connectivity index (χ4v) is 10.6. The highest BCUT2D eigenvalue weighted by molar-refractivity contribution is 6.05. The highest BCUT2D eigenvalue weighted by Crippen LogP contribution is 2.78. The molecule has 192 valence electrons. The molecule has 5 heteroatoms. The van der Waals surface area contributed by atoms with Gasteiger partial charge in [-0.25, -0.2) is 0 Å². The molecule has 0 aromatic carbocycles. The molecule has 6 aliphatic rings. The third-order valence-corrected chi connectivity index (χ3v) is 12.7. The zero-order valence-corrected chi connectivity index (χ0v) is 22.7. The van der Waals surface area contributed by atoms with Gasteiger partial charge in [-0.15, -0.1) is 0 Å². The number of amides is 1. The van der Waals surface area contributed by atoms with Crippen molar-refractivity contribution in [3.8, 4) is 0 Å². The first kappa shape index (κ1) is 23.7. The molecule has 0 aromatic rings. The summed E-state index contributed by atoms with van der Waals surface area (Å²) in [5.74, 6) is 0.226. The van der Waals surface area contributed by atoms with E-state index in [1.165, 1.54) is 5.57 Å². The maximum atomic E-state index is 14.5. The van der Waals surface area contributed by atoms with E-state index < -0.39 is 16.4 Å². The molecule has 5 fully saturated rings. The largest absolute Gasteiger partial charge is 0.449 e. The Kier molecular flexibility index (Phi) is 4.36. The first-order chi connectivity index (χ1) is 16.1. The molecule has 2 unspecified atom stereocenters. The summed E-state index contributed by atoms with van der Waals surface area (Å²) in [6.45, 7) is 15.8. The number of hydrogen-bond acceptors (Lipinski definition) is 4. The summed E-state index contributed by atoms with van der Waals surface area (Å²) in [4.78, 5) is 40.8. The van der Waals surface area contributed by atoms with Crippen molar-refractivity contribution in [2.45, 2.75) is 117 Å². The van der Waals surface area contributed by atoms with Crippen LogP contribution in [0.15, 0.2) is 11.6 Å². The molecule has 4 aliphatic carbocycles. The van der Waals surface area contributed by atoms with Gasteiger partial charge in [-0.3, -0.25) is 14.4 Å². The second kappa shape index (κ2) is 6.42. The number of ketones is 1. The summed E-state index contributed by atoms with van der Waals surface area (Å²) in [5.41, 5.74) is -1.53. The Morgan fingerprint density at radius 2 is 1.54 bits per heavy atom. The van der Waals surface area contributed by atoms with Crippen molar-refractivity contribution in [1.29, 1.82) is 0 Å². The van der Waals surface area contributed by atoms with Crippen molar-refractivity contribution in [2.24, 2.45) is 38.9 Å². The van der Waals surface area contributed by atoms with Gasteiger partial charge in [0.25, 0.3) is 0 Å². The van der Waals surface area contributed by atoms with Gasteiger partial charge in [0.2, 0.25) is 5.91 Å². The van der Waals surface area contributed by atoms with Crippen molar-refractivity contribution < 1.29 is 19.1 Å². The lowest BCUT2D eigenvalue weighted by molar-refractivity contribution is -0.207. The Labute approximate surface area is 210 Å². The normalized spacial score (nSPS) is 51.5. The molecule has 5 nitrogen and oxygen atoms in total. The first-order valence-electron chi connectivity index (χ1n) is 13.9. The lowest BCUT2D eigenvalue weighted by Crippen LogP contribution is -2.71. The number of nitrogens with one attached hydrogen (secondary N) is 1. The number of allylic oxidation sites excluding steroid dienone is 1. The van der Waals surface area contributed by atoms with Crippen molar-refractivity contribution in [3.05, 3.63) is 11.6 Å². The van der Waals surface area contributed by atoms with Crippen LogP contribution < -0.4 is 5.32 Å². The Balaban J connectivity index is 1.56. The number of rotatable bonds is 0. The second-order valence-corrected chi connectivity index (χ2v) is 15.1. The van der Waals surface area contributed by atoms with Gasteiger partial charge in [0.05, 0.1) is 5.41 Å². The van der Waals surface area contributed by atoms with Crippen LogP contribution in [0.2, 0.25) is 0 Å². The van der Waals surface area contributed by atoms with Crippen molar-refractivity contribution in [3.63, 3.8) is 0 Å². The SMILES string of the molecule is CC1(C)CCC23CC[C@]4(C)C(OC2=O)(C(=O)C=C2[C@@]5(C)CCC(=O)NC(C)(C)[C@@H]5CC[C@]24C)[C@@H]3C1. The molecule has 1 amide bonds. The van der Waals surface area contributed by atoms with E-state index in [-0.39, 0.29) is 51.3 Å². The zero-order chi connectivity index (χ0) is 25.4. The molecule has 6 rings (SSSR count). The molecule has 0 aromatic heterocycles. The average molecular weight is 482 g/mol. The number of esters is 1. The van der Waals surface area contributed by atoms with Crippen molar-refractivity contribution in [1.82, 2.24) is 5.32 Å². The highest BCUT2D eigenvalue weighted by atomic mass is 16.6. The summed E-state index contributed by atoms with van der Waals surface area (Å²) >= 11 is 0. The number of hydrogen-bond donors (Lipinski definition) is 1. The molecule has 3 saturated carbocycles. The van der Waals surface area contributed by atoms with E-state index >= 15 is 0 Å². The summed E-state index contributed by atoms with van der Waals surface area (Å²) in [5, 5.41) is 3.28. The molecule has 1 spiro atoms. The van der Waals surface area contributed by atoms with Gasteiger partial charge in [0.15, 0.2) is 11.4 Å². The lowest BCUT2D eigenvalue weighted by Gasteiger charge is -2.68. The number of ether oxygens (including phenoxy) is 1. The van der Waals surface area contributed by atoms with Crippen LogP contribution in [-0.4, -0.2) is 28.8 Å². The Bertz CT molecular complexity index is 1090. The van der Waals surface area contributed by atoms with Crippen LogP contribution in [0.25, 0.3) is 0 Å². The number of carbonyl (C=O) groups excluding carboxylic acids is 3. The molecule has 2 heterocycles. The second-order valence-electron chi connectivity index (χ2n) is 15.1. The summed E-state index contributed by atoms with van der Waals surface area (Å²) in [6.07, 6.45) is 9.48. The maximum absolute atomic E-state index is 14.5. The third kappa shape index (κ3) is 2.49. The molecule has 2 saturated heterocycles. The maximum Gasteiger partial charge on any atom is 0.313 e. The van der Waals surface area contributed by atoms with Crippen LogP contribution in [0.3, 0.4) is 0 Å². The molecule has 7 atom stereocenters.